The number of hydrogen-bond acceptors (Lipinski definition) is 2. The molecule has 0 saturated heterocycles. The Morgan fingerprint density at radius 2 is 0.544 bits per heavy atom. The highest BCUT2D eigenvalue weighted by Crippen LogP contribution is 2.52. The van der Waals surface area contributed by atoms with Crippen molar-refractivity contribution >= 4 is 98.8 Å². The summed E-state index contributed by atoms with van der Waals surface area (Å²) in [7, 11) is 0. The lowest BCUT2D eigenvalue weighted by molar-refractivity contribution is 0.445. The molecule has 0 atom stereocenters. The molecule has 2 nitrogen and oxygen atoms in total. The van der Waals surface area contributed by atoms with Gasteiger partial charge in [0.2, 0.25) is 0 Å². The maximum atomic E-state index is 2.61. The van der Waals surface area contributed by atoms with Crippen molar-refractivity contribution in [2.75, 3.05) is 9.80 Å². The monoisotopic (exact) mass is 876 g/mol. The first-order valence-corrected chi connectivity index (χ1v) is 25.3. The Kier molecular flexibility index (Phi) is 10.4. The van der Waals surface area contributed by atoms with E-state index < -0.39 is 0 Å². The van der Waals surface area contributed by atoms with Crippen molar-refractivity contribution in [2.24, 2.45) is 0 Å². The van der Waals surface area contributed by atoms with Gasteiger partial charge in [-0.15, -0.1) is 0 Å². The zero-order valence-corrected chi connectivity index (χ0v) is 38.8. The minimum atomic E-state index is 0.492. The lowest BCUT2D eigenvalue weighted by Crippen LogP contribution is -2.14. The molecule has 11 aromatic rings. The lowest BCUT2D eigenvalue weighted by Gasteiger charge is -2.33. The summed E-state index contributed by atoms with van der Waals surface area (Å²) >= 11 is 0. The third-order valence-corrected chi connectivity index (χ3v) is 15.7. The molecule has 68 heavy (non-hydrogen) atoms. The van der Waals surface area contributed by atoms with E-state index in [-0.39, 0.29) is 0 Å². The molecule has 2 aliphatic rings. The lowest BCUT2D eigenvalue weighted by atomic mass is 9.74. The molecule has 0 spiro atoms. The first-order chi connectivity index (χ1) is 33.8. The third kappa shape index (κ3) is 7.00. The Hall–Kier alpha value is -7.42. The minimum absolute atomic E-state index is 0.492. The zero-order valence-electron chi connectivity index (χ0n) is 38.8. The summed E-state index contributed by atoms with van der Waals surface area (Å²) in [6.45, 7) is 0. The summed E-state index contributed by atoms with van der Waals surface area (Å²) in [5, 5.41) is 15.8. The first-order valence-electron chi connectivity index (χ1n) is 25.3. The van der Waals surface area contributed by atoms with Crippen molar-refractivity contribution in [1.82, 2.24) is 0 Å². The van der Waals surface area contributed by atoms with Gasteiger partial charge in [-0.3, -0.25) is 0 Å². The number of benzene rings is 11. The van der Waals surface area contributed by atoms with Crippen LogP contribution in [0.25, 0.3) is 64.6 Å². The number of rotatable bonds is 8. The van der Waals surface area contributed by atoms with Crippen LogP contribution in [-0.4, -0.2) is 0 Å². The molecule has 2 aliphatic carbocycles. The fourth-order valence-electron chi connectivity index (χ4n) is 12.6. The Balaban J connectivity index is 1.11. The van der Waals surface area contributed by atoms with Crippen LogP contribution in [0.1, 0.15) is 87.2 Å². The summed E-state index contributed by atoms with van der Waals surface area (Å²) in [5.74, 6) is 0.983. The van der Waals surface area contributed by atoms with Crippen LogP contribution in [0.3, 0.4) is 0 Å². The molecule has 0 N–H and O–H groups in total. The molecule has 0 radical (unpaired) electrons. The topological polar surface area (TPSA) is 6.48 Å². The molecule has 13 rings (SSSR count). The Morgan fingerprint density at radius 3 is 0.868 bits per heavy atom. The summed E-state index contributed by atoms with van der Waals surface area (Å²) in [6, 6.07) is 78.0. The SMILES string of the molecule is c1ccc2c(N(c3ccc4c(C5CCCCC5)c5cc(N(c6cccc7ccccc67)c6cccc7ccccc67)ccc5c(C5CCCCC5)c4c3)c3cccc4ccccc34)cccc2c1. The van der Waals surface area contributed by atoms with Gasteiger partial charge in [0.15, 0.2) is 0 Å². The molecule has 2 heteroatoms. The fourth-order valence-corrected chi connectivity index (χ4v) is 12.6. The van der Waals surface area contributed by atoms with Gasteiger partial charge in [-0.25, -0.2) is 0 Å². The van der Waals surface area contributed by atoms with Crippen molar-refractivity contribution in [3.8, 4) is 0 Å². The second kappa shape index (κ2) is 17.3. The van der Waals surface area contributed by atoms with Gasteiger partial charge in [0.25, 0.3) is 0 Å². The number of anilines is 6. The van der Waals surface area contributed by atoms with E-state index in [1.165, 1.54) is 163 Å². The minimum Gasteiger partial charge on any atom is -0.309 e. The molecule has 0 bridgehead atoms. The quantitative estimate of drug-likeness (QED) is 0.140. The van der Waals surface area contributed by atoms with Crippen molar-refractivity contribution in [3.05, 3.63) is 217 Å². The van der Waals surface area contributed by atoms with Crippen molar-refractivity contribution < 1.29 is 0 Å². The Morgan fingerprint density at radius 1 is 0.250 bits per heavy atom. The standard InChI is InChI=1S/C66H56N2/c1-3-23-49(24-4-1)65-57-41-39-52(68(63-37-17-29-47-21-9-13-33-55(47)63)64-38-18-30-48-22-10-14-34-56(48)64)44-60(57)66(50-25-5-2-6-26-50)58-42-40-51(43-59(58)65)67(61-35-15-27-45-19-7-11-31-53(45)61)62-36-16-28-46-20-8-12-32-54(46)62/h7-22,27-44,49-50H,1-6,23-26H2. The van der Waals surface area contributed by atoms with E-state index in [2.05, 4.69) is 216 Å². The highest BCUT2D eigenvalue weighted by molar-refractivity contribution is 6.12. The van der Waals surface area contributed by atoms with Gasteiger partial charge in [-0.2, -0.15) is 0 Å². The van der Waals surface area contributed by atoms with Gasteiger partial charge < -0.3 is 9.80 Å². The van der Waals surface area contributed by atoms with E-state index in [0.29, 0.717) is 11.8 Å². The molecule has 0 unspecified atom stereocenters. The number of hydrogen-bond donors (Lipinski definition) is 0. The van der Waals surface area contributed by atoms with Crippen LogP contribution >= 0.6 is 0 Å². The summed E-state index contributed by atoms with van der Waals surface area (Å²) < 4.78 is 0. The van der Waals surface area contributed by atoms with Gasteiger partial charge >= 0.3 is 0 Å². The third-order valence-electron chi connectivity index (χ3n) is 15.7. The highest BCUT2D eigenvalue weighted by Gasteiger charge is 2.29. The van der Waals surface area contributed by atoms with E-state index in [4.69, 9.17) is 0 Å². The largest absolute Gasteiger partial charge is 0.309 e. The average molecular weight is 877 g/mol. The second-order valence-corrected chi connectivity index (χ2v) is 19.6. The first kappa shape index (κ1) is 40.8. The van der Waals surface area contributed by atoms with Crippen LogP contribution < -0.4 is 9.80 Å². The second-order valence-electron chi connectivity index (χ2n) is 19.6. The normalized spacial score (nSPS) is 14.9. The molecular formula is C66H56N2. The van der Waals surface area contributed by atoms with E-state index in [1.54, 1.807) is 11.1 Å². The molecule has 2 fully saturated rings. The van der Waals surface area contributed by atoms with Gasteiger partial charge in [0, 0.05) is 32.9 Å². The number of fused-ring (bicyclic) bond motifs is 6. The van der Waals surface area contributed by atoms with Gasteiger partial charge in [0.1, 0.15) is 0 Å². The van der Waals surface area contributed by atoms with Crippen molar-refractivity contribution in [1.29, 1.82) is 0 Å². The molecule has 0 amide bonds. The van der Waals surface area contributed by atoms with E-state index >= 15 is 0 Å². The summed E-state index contributed by atoms with van der Waals surface area (Å²) in [4.78, 5) is 5.13. The predicted octanol–water partition coefficient (Wildman–Crippen LogP) is 19.6. The molecule has 0 aliphatic heterocycles. The van der Waals surface area contributed by atoms with Gasteiger partial charge in [-0.05, 0) is 140 Å². The maximum Gasteiger partial charge on any atom is 0.0540 e. The van der Waals surface area contributed by atoms with Crippen LogP contribution in [-0.2, 0) is 0 Å². The summed E-state index contributed by atoms with van der Waals surface area (Å²) in [6.07, 6.45) is 12.7. The van der Waals surface area contributed by atoms with Crippen LogP contribution in [0.15, 0.2) is 206 Å². The molecule has 330 valence electrons. The van der Waals surface area contributed by atoms with Crippen LogP contribution in [0.4, 0.5) is 34.1 Å². The molecule has 0 heterocycles. The van der Waals surface area contributed by atoms with E-state index in [1.807, 2.05) is 0 Å². The van der Waals surface area contributed by atoms with Crippen LogP contribution in [0.2, 0.25) is 0 Å². The highest BCUT2D eigenvalue weighted by atomic mass is 15.2. The Bertz CT molecular complexity index is 3260. The predicted molar refractivity (Wildman–Crippen MR) is 292 cm³/mol. The summed E-state index contributed by atoms with van der Waals surface area (Å²) in [5.41, 5.74) is 10.4. The molecular weight excluding hydrogens is 821 g/mol. The van der Waals surface area contributed by atoms with Gasteiger partial charge in [-0.1, -0.05) is 196 Å². The van der Waals surface area contributed by atoms with Crippen LogP contribution in [0.5, 0.6) is 0 Å². The smallest absolute Gasteiger partial charge is 0.0540 e. The maximum absolute atomic E-state index is 2.61. The number of nitrogens with zero attached hydrogens (tertiary/aromatic N) is 2. The van der Waals surface area contributed by atoms with Crippen LogP contribution in [0, 0.1) is 0 Å². The fraction of sp³-hybridized carbons (Fsp3) is 0.182. The molecule has 0 aromatic heterocycles. The van der Waals surface area contributed by atoms with E-state index in [0.717, 1.165) is 0 Å². The molecule has 11 aromatic carbocycles. The average Bonchev–Trinajstić information content (AvgIpc) is 3.41. The van der Waals surface area contributed by atoms with Gasteiger partial charge in [0.05, 0.1) is 22.7 Å². The van der Waals surface area contributed by atoms with Crippen molar-refractivity contribution in [2.45, 2.75) is 76.0 Å². The van der Waals surface area contributed by atoms with E-state index in [9.17, 15) is 0 Å². The Labute approximate surface area is 400 Å². The van der Waals surface area contributed by atoms with Crippen molar-refractivity contribution in [3.63, 3.8) is 0 Å². The zero-order chi connectivity index (χ0) is 45.0. The molecule has 2 saturated carbocycles.